The Balaban J connectivity index is 2.13. The normalized spacial score (nSPS) is 53.7. The van der Waals surface area contributed by atoms with Crippen molar-refractivity contribution >= 4 is 0 Å². The molecule has 1 spiro atoms. The zero-order valence-corrected chi connectivity index (χ0v) is 11.0. The van der Waals surface area contributed by atoms with Crippen molar-refractivity contribution in [2.24, 2.45) is 22.7 Å². The summed E-state index contributed by atoms with van der Waals surface area (Å²) in [6, 6.07) is 0. The van der Waals surface area contributed by atoms with Crippen LogP contribution >= 0.6 is 0 Å². The minimum Gasteiger partial charge on any atom is -0.390 e. The quantitative estimate of drug-likeness (QED) is 0.619. The minimum absolute atomic E-state index is 0.181. The summed E-state index contributed by atoms with van der Waals surface area (Å²) in [6.45, 7) is 9.18. The van der Waals surface area contributed by atoms with Gasteiger partial charge in [-0.1, -0.05) is 25.5 Å². The van der Waals surface area contributed by atoms with Gasteiger partial charge in [0.15, 0.2) is 0 Å². The zero-order chi connectivity index (χ0) is 11.8. The fourth-order valence-corrected chi connectivity index (χ4v) is 5.39. The summed E-state index contributed by atoms with van der Waals surface area (Å²) in [5.41, 5.74) is 1.70. The third kappa shape index (κ3) is 0.971. The molecule has 2 saturated carbocycles. The summed E-state index contributed by atoms with van der Waals surface area (Å²) in [6.07, 6.45) is 7.00. The second-order valence-corrected chi connectivity index (χ2v) is 7.30. The van der Waals surface area contributed by atoms with Crippen LogP contribution in [0.25, 0.3) is 0 Å². The van der Waals surface area contributed by atoms with E-state index >= 15 is 0 Å². The van der Waals surface area contributed by atoms with E-state index in [1.54, 1.807) is 0 Å². The molecule has 0 bridgehead atoms. The SMILES string of the molecule is CC1=CCC23[C@@H]1CC(C)(C)[C@@H]2CC[C@]3(C)O. The number of hydrogen-bond acceptors (Lipinski definition) is 1. The summed E-state index contributed by atoms with van der Waals surface area (Å²) in [4.78, 5) is 0. The lowest BCUT2D eigenvalue weighted by molar-refractivity contribution is -0.0714. The van der Waals surface area contributed by atoms with E-state index < -0.39 is 5.60 Å². The predicted octanol–water partition coefficient (Wildman–Crippen LogP) is 3.53. The Kier molecular flexibility index (Phi) is 1.86. The van der Waals surface area contributed by atoms with Crippen LogP contribution in [0.5, 0.6) is 0 Å². The predicted molar refractivity (Wildman–Crippen MR) is 66.0 cm³/mol. The van der Waals surface area contributed by atoms with Gasteiger partial charge in [-0.3, -0.25) is 0 Å². The molecule has 16 heavy (non-hydrogen) atoms. The maximum absolute atomic E-state index is 10.8. The van der Waals surface area contributed by atoms with Gasteiger partial charge in [-0.15, -0.1) is 0 Å². The molecule has 3 rings (SSSR count). The molecule has 1 heteroatoms. The average Bonchev–Trinajstić information content (AvgIpc) is 2.67. The highest BCUT2D eigenvalue weighted by molar-refractivity contribution is 5.30. The van der Waals surface area contributed by atoms with E-state index in [4.69, 9.17) is 0 Å². The molecule has 0 heterocycles. The lowest BCUT2D eigenvalue weighted by Gasteiger charge is -2.43. The summed E-state index contributed by atoms with van der Waals surface area (Å²) < 4.78 is 0. The standard InChI is InChI=1S/C15H24O/c1-10-5-8-15-11(10)9-13(2,3)12(15)6-7-14(15,4)16/h5,11-12,16H,6-9H2,1-4H3/t11-,12+,14+,15?/m1/s1. The van der Waals surface area contributed by atoms with Crippen LogP contribution < -0.4 is 0 Å². The molecule has 0 amide bonds. The van der Waals surface area contributed by atoms with Crippen LogP contribution in [-0.4, -0.2) is 10.7 Å². The molecule has 0 radical (unpaired) electrons. The number of rotatable bonds is 0. The summed E-state index contributed by atoms with van der Waals surface area (Å²) in [5.74, 6) is 1.36. The average molecular weight is 220 g/mol. The summed E-state index contributed by atoms with van der Waals surface area (Å²) >= 11 is 0. The largest absolute Gasteiger partial charge is 0.390 e. The molecule has 1 N–H and O–H groups in total. The first-order valence-electron chi connectivity index (χ1n) is 6.70. The van der Waals surface area contributed by atoms with Crippen molar-refractivity contribution in [1.82, 2.24) is 0 Å². The molecule has 1 nitrogen and oxygen atoms in total. The van der Waals surface area contributed by atoms with Crippen molar-refractivity contribution in [3.8, 4) is 0 Å². The summed E-state index contributed by atoms with van der Waals surface area (Å²) in [5, 5.41) is 10.8. The smallest absolute Gasteiger partial charge is 0.0687 e. The van der Waals surface area contributed by atoms with E-state index in [0.717, 1.165) is 12.8 Å². The van der Waals surface area contributed by atoms with Gasteiger partial charge < -0.3 is 5.11 Å². The zero-order valence-electron chi connectivity index (χ0n) is 11.0. The van der Waals surface area contributed by atoms with Crippen molar-refractivity contribution < 1.29 is 5.11 Å². The van der Waals surface area contributed by atoms with Crippen molar-refractivity contribution in [2.75, 3.05) is 0 Å². The van der Waals surface area contributed by atoms with Crippen molar-refractivity contribution in [3.63, 3.8) is 0 Å². The maximum atomic E-state index is 10.8. The molecule has 2 fully saturated rings. The molecule has 4 atom stereocenters. The van der Waals surface area contributed by atoms with Gasteiger partial charge in [0.05, 0.1) is 5.60 Å². The van der Waals surface area contributed by atoms with Gasteiger partial charge in [0.2, 0.25) is 0 Å². The van der Waals surface area contributed by atoms with E-state index in [9.17, 15) is 5.11 Å². The van der Waals surface area contributed by atoms with Gasteiger partial charge >= 0.3 is 0 Å². The van der Waals surface area contributed by atoms with Crippen LogP contribution in [0.1, 0.15) is 53.4 Å². The molecule has 0 aromatic carbocycles. The molecular weight excluding hydrogens is 196 g/mol. The third-order valence-corrected chi connectivity index (χ3v) is 6.15. The van der Waals surface area contributed by atoms with Crippen molar-refractivity contribution in [1.29, 1.82) is 0 Å². The Morgan fingerprint density at radius 2 is 2.00 bits per heavy atom. The van der Waals surface area contributed by atoms with Crippen LogP contribution in [0.3, 0.4) is 0 Å². The van der Waals surface area contributed by atoms with Crippen LogP contribution in [0.15, 0.2) is 11.6 Å². The fourth-order valence-electron chi connectivity index (χ4n) is 5.39. The number of allylic oxidation sites excluding steroid dienone is 2. The van der Waals surface area contributed by atoms with E-state index in [0.29, 0.717) is 17.3 Å². The highest BCUT2D eigenvalue weighted by Gasteiger charge is 2.69. The molecule has 0 aliphatic heterocycles. The number of hydrogen-bond donors (Lipinski definition) is 1. The molecule has 0 aromatic rings. The second-order valence-electron chi connectivity index (χ2n) is 7.30. The van der Waals surface area contributed by atoms with Gasteiger partial charge in [-0.05, 0) is 56.8 Å². The minimum atomic E-state index is -0.440. The highest BCUT2D eigenvalue weighted by Crippen LogP contribution is 2.73. The van der Waals surface area contributed by atoms with Gasteiger partial charge in [0.25, 0.3) is 0 Å². The second kappa shape index (κ2) is 2.75. The Morgan fingerprint density at radius 1 is 1.31 bits per heavy atom. The van der Waals surface area contributed by atoms with Gasteiger partial charge in [-0.25, -0.2) is 0 Å². The third-order valence-electron chi connectivity index (χ3n) is 6.15. The lowest BCUT2D eigenvalue weighted by Crippen LogP contribution is -2.45. The first-order valence-corrected chi connectivity index (χ1v) is 6.70. The van der Waals surface area contributed by atoms with E-state index in [-0.39, 0.29) is 5.41 Å². The van der Waals surface area contributed by atoms with Gasteiger partial charge in [0, 0.05) is 5.41 Å². The van der Waals surface area contributed by atoms with E-state index in [2.05, 4.69) is 33.8 Å². The van der Waals surface area contributed by atoms with Crippen molar-refractivity contribution in [2.45, 2.75) is 59.0 Å². The Morgan fingerprint density at radius 3 is 2.69 bits per heavy atom. The highest BCUT2D eigenvalue weighted by atomic mass is 16.3. The Bertz CT molecular complexity index is 364. The maximum Gasteiger partial charge on any atom is 0.0687 e. The molecule has 3 aliphatic carbocycles. The first-order chi connectivity index (χ1) is 7.31. The summed E-state index contributed by atoms with van der Waals surface area (Å²) in [7, 11) is 0. The molecule has 1 unspecified atom stereocenters. The Hall–Kier alpha value is -0.300. The fraction of sp³-hybridized carbons (Fsp3) is 0.867. The van der Waals surface area contributed by atoms with E-state index in [1.165, 1.54) is 18.4 Å². The first kappa shape index (κ1) is 10.8. The number of aliphatic hydroxyl groups is 1. The van der Waals surface area contributed by atoms with Crippen LogP contribution in [0.2, 0.25) is 0 Å². The molecular formula is C15H24O. The van der Waals surface area contributed by atoms with Crippen LogP contribution in [0, 0.1) is 22.7 Å². The van der Waals surface area contributed by atoms with Crippen molar-refractivity contribution in [3.05, 3.63) is 11.6 Å². The van der Waals surface area contributed by atoms with Gasteiger partial charge in [-0.2, -0.15) is 0 Å². The van der Waals surface area contributed by atoms with E-state index in [1.807, 2.05) is 0 Å². The topological polar surface area (TPSA) is 20.2 Å². The molecule has 0 saturated heterocycles. The van der Waals surface area contributed by atoms with Gasteiger partial charge in [0.1, 0.15) is 0 Å². The molecule has 90 valence electrons. The van der Waals surface area contributed by atoms with Crippen LogP contribution in [0.4, 0.5) is 0 Å². The van der Waals surface area contributed by atoms with Crippen LogP contribution in [-0.2, 0) is 0 Å². The molecule has 3 aliphatic rings. The molecule has 0 aromatic heterocycles. The Labute approximate surface area is 98.9 Å². The lowest BCUT2D eigenvalue weighted by atomic mass is 9.64. The monoisotopic (exact) mass is 220 g/mol.